The molecule has 0 bridgehead atoms. The van der Waals surface area contributed by atoms with Crippen LogP contribution in [0.15, 0.2) is 24.3 Å². The van der Waals surface area contributed by atoms with Crippen LogP contribution >= 0.6 is 0 Å². The fourth-order valence-corrected chi connectivity index (χ4v) is 3.50. The summed E-state index contributed by atoms with van der Waals surface area (Å²) in [5, 5.41) is 0.901. The molecule has 0 radical (unpaired) electrons. The molecule has 1 aliphatic heterocycles. The highest BCUT2D eigenvalue weighted by atomic mass is 15.4. The lowest BCUT2D eigenvalue weighted by molar-refractivity contribution is 0.243. The Hall–Kier alpha value is -3.07. The summed E-state index contributed by atoms with van der Waals surface area (Å²) in [6.45, 7) is 8.35. The first-order chi connectivity index (χ1) is 14.4. The van der Waals surface area contributed by atoms with Crippen molar-refractivity contribution in [2.45, 2.75) is 26.3 Å². The van der Waals surface area contributed by atoms with E-state index in [9.17, 15) is 0 Å². The van der Waals surface area contributed by atoms with Gasteiger partial charge in [-0.05, 0) is 12.1 Å². The molecule has 2 aromatic heterocycles. The molecule has 4 rings (SSSR count). The Labute approximate surface area is 177 Å². The summed E-state index contributed by atoms with van der Waals surface area (Å²) in [5.74, 6) is 3.83. The first-order valence-electron chi connectivity index (χ1n) is 10.3. The molecular weight excluding hydrogens is 378 g/mol. The van der Waals surface area contributed by atoms with Gasteiger partial charge < -0.3 is 15.5 Å². The van der Waals surface area contributed by atoms with Crippen molar-refractivity contribution in [3.8, 4) is 0 Å². The van der Waals surface area contributed by atoms with Crippen LogP contribution in [-0.2, 0) is 6.54 Å². The molecule has 0 saturated carbocycles. The Kier molecular flexibility index (Phi) is 5.63. The van der Waals surface area contributed by atoms with Crippen molar-refractivity contribution >= 4 is 28.6 Å². The second kappa shape index (κ2) is 8.35. The summed E-state index contributed by atoms with van der Waals surface area (Å²) in [6, 6.07) is 7.85. The quantitative estimate of drug-likeness (QED) is 0.679. The average Bonchev–Trinajstić information content (AvgIpc) is 2.74. The fourth-order valence-electron chi connectivity index (χ4n) is 3.50. The third kappa shape index (κ3) is 4.25. The number of nitrogens with two attached hydrogens (primary N) is 1. The fraction of sp³-hybridized carbons (Fsp3) is 0.476. The smallest absolute Gasteiger partial charge is 0.230 e. The van der Waals surface area contributed by atoms with Gasteiger partial charge in [0.1, 0.15) is 17.5 Å². The van der Waals surface area contributed by atoms with Gasteiger partial charge in [-0.2, -0.15) is 15.0 Å². The maximum absolute atomic E-state index is 6.13. The molecule has 1 fully saturated rings. The van der Waals surface area contributed by atoms with Crippen LogP contribution in [0.1, 0.15) is 31.4 Å². The van der Waals surface area contributed by atoms with Crippen molar-refractivity contribution in [3.05, 3.63) is 35.9 Å². The number of fused-ring (bicyclic) bond motifs is 1. The third-order valence-corrected chi connectivity index (χ3v) is 5.24. The summed E-state index contributed by atoms with van der Waals surface area (Å²) in [7, 11) is 3.91. The lowest BCUT2D eigenvalue weighted by atomic mass is 10.2. The molecule has 30 heavy (non-hydrogen) atoms. The van der Waals surface area contributed by atoms with Crippen LogP contribution in [0.5, 0.6) is 0 Å². The molecule has 0 spiro atoms. The lowest BCUT2D eigenvalue weighted by Crippen LogP contribution is -2.47. The minimum atomic E-state index is 0.252. The monoisotopic (exact) mass is 407 g/mol. The minimum absolute atomic E-state index is 0.252. The maximum atomic E-state index is 6.13. The average molecular weight is 408 g/mol. The van der Waals surface area contributed by atoms with Crippen LogP contribution < -0.4 is 15.5 Å². The molecule has 158 valence electrons. The highest BCUT2D eigenvalue weighted by molar-refractivity contribution is 5.87. The van der Waals surface area contributed by atoms with Gasteiger partial charge in [0.25, 0.3) is 0 Å². The van der Waals surface area contributed by atoms with Crippen molar-refractivity contribution < 1.29 is 0 Å². The standard InChI is InChI=1S/C21H29N9/c1-14(2)19-25-20(28(3)4)27-21(26-19)30-11-9-29(10-12-30)13-17-23-16-8-6-5-7-15(16)18(22)24-17/h5-8,14H,9-13H2,1-4H3,(H2,22,23,24). The Morgan fingerprint density at radius 2 is 1.70 bits per heavy atom. The van der Waals surface area contributed by atoms with Crippen molar-refractivity contribution in [1.29, 1.82) is 0 Å². The van der Waals surface area contributed by atoms with Crippen molar-refractivity contribution in [2.75, 3.05) is 55.8 Å². The number of anilines is 3. The molecule has 1 aromatic carbocycles. The first kappa shape index (κ1) is 20.2. The van der Waals surface area contributed by atoms with E-state index in [2.05, 4.69) is 43.6 Å². The molecule has 3 heterocycles. The number of aromatic nitrogens is 5. The summed E-state index contributed by atoms with van der Waals surface area (Å²) >= 11 is 0. The largest absolute Gasteiger partial charge is 0.383 e. The van der Waals surface area contributed by atoms with Crippen LogP contribution in [0.2, 0.25) is 0 Å². The number of nitrogen functional groups attached to an aromatic ring is 1. The van der Waals surface area contributed by atoms with E-state index in [0.717, 1.165) is 54.7 Å². The number of rotatable bonds is 5. The number of hydrogen-bond acceptors (Lipinski definition) is 9. The van der Waals surface area contributed by atoms with Crippen molar-refractivity contribution in [3.63, 3.8) is 0 Å². The van der Waals surface area contributed by atoms with E-state index in [-0.39, 0.29) is 5.92 Å². The molecule has 9 heteroatoms. The Morgan fingerprint density at radius 3 is 2.40 bits per heavy atom. The highest BCUT2D eigenvalue weighted by Crippen LogP contribution is 2.20. The second-order valence-electron chi connectivity index (χ2n) is 8.15. The maximum Gasteiger partial charge on any atom is 0.230 e. The van der Waals surface area contributed by atoms with E-state index in [0.29, 0.717) is 18.3 Å². The number of hydrogen-bond donors (Lipinski definition) is 1. The zero-order valence-electron chi connectivity index (χ0n) is 18.1. The number of nitrogens with zero attached hydrogens (tertiary/aromatic N) is 8. The zero-order chi connectivity index (χ0) is 21.3. The van der Waals surface area contributed by atoms with Crippen LogP contribution in [0, 0.1) is 0 Å². The Balaban J connectivity index is 1.45. The summed E-state index contributed by atoms with van der Waals surface area (Å²) in [6.07, 6.45) is 0. The molecule has 0 amide bonds. The molecule has 3 aromatic rings. The molecule has 2 N–H and O–H groups in total. The topological polar surface area (TPSA) is 100 Å². The predicted molar refractivity (Wildman–Crippen MR) is 120 cm³/mol. The minimum Gasteiger partial charge on any atom is -0.383 e. The molecule has 1 aliphatic rings. The van der Waals surface area contributed by atoms with E-state index in [1.165, 1.54) is 0 Å². The SMILES string of the molecule is CC(C)c1nc(N(C)C)nc(N2CCN(Cc3nc(N)c4ccccc4n3)CC2)n1. The summed E-state index contributed by atoms with van der Waals surface area (Å²) in [4.78, 5) is 29.6. The van der Waals surface area contributed by atoms with Gasteiger partial charge in [0, 0.05) is 51.6 Å². The molecule has 0 unspecified atom stereocenters. The van der Waals surface area contributed by atoms with Gasteiger partial charge in [-0.25, -0.2) is 9.97 Å². The van der Waals surface area contributed by atoms with Gasteiger partial charge in [-0.3, -0.25) is 4.90 Å². The van der Waals surface area contributed by atoms with E-state index >= 15 is 0 Å². The molecule has 1 saturated heterocycles. The van der Waals surface area contributed by atoms with Gasteiger partial charge >= 0.3 is 0 Å². The highest BCUT2D eigenvalue weighted by Gasteiger charge is 2.22. The number of piperazine rings is 1. The third-order valence-electron chi connectivity index (χ3n) is 5.24. The van der Waals surface area contributed by atoms with E-state index in [1.54, 1.807) is 0 Å². The lowest BCUT2D eigenvalue weighted by Gasteiger charge is -2.34. The summed E-state index contributed by atoms with van der Waals surface area (Å²) < 4.78 is 0. The number of para-hydroxylation sites is 1. The number of benzene rings is 1. The van der Waals surface area contributed by atoms with Crippen LogP contribution in [0.4, 0.5) is 17.7 Å². The van der Waals surface area contributed by atoms with E-state index in [1.807, 2.05) is 43.3 Å². The molecular formula is C21H29N9. The molecule has 0 atom stereocenters. The van der Waals surface area contributed by atoms with Gasteiger partial charge in [-0.15, -0.1) is 0 Å². The van der Waals surface area contributed by atoms with Gasteiger partial charge in [-0.1, -0.05) is 26.0 Å². The van der Waals surface area contributed by atoms with Crippen molar-refractivity contribution in [1.82, 2.24) is 29.8 Å². The van der Waals surface area contributed by atoms with E-state index < -0.39 is 0 Å². The zero-order valence-corrected chi connectivity index (χ0v) is 18.1. The normalized spacial score (nSPS) is 15.2. The van der Waals surface area contributed by atoms with Crippen molar-refractivity contribution in [2.24, 2.45) is 0 Å². The van der Waals surface area contributed by atoms with Gasteiger partial charge in [0.05, 0.1) is 12.1 Å². The van der Waals surface area contributed by atoms with Gasteiger partial charge in [0.15, 0.2) is 0 Å². The molecule has 0 aliphatic carbocycles. The van der Waals surface area contributed by atoms with Crippen LogP contribution in [0.3, 0.4) is 0 Å². The first-order valence-corrected chi connectivity index (χ1v) is 10.3. The molecule has 9 nitrogen and oxygen atoms in total. The van der Waals surface area contributed by atoms with E-state index in [4.69, 9.17) is 10.7 Å². The van der Waals surface area contributed by atoms with Gasteiger partial charge in [0.2, 0.25) is 11.9 Å². The van der Waals surface area contributed by atoms with Crippen LogP contribution in [-0.4, -0.2) is 70.1 Å². The predicted octanol–water partition coefficient (Wildman–Crippen LogP) is 1.91. The summed E-state index contributed by atoms with van der Waals surface area (Å²) in [5.41, 5.74) is 7.02. The Bertz CT molecular complexity index is 1000. The van der Waals surface area contributed by atoms with Crippen LogP contribution in [0.25, 0.3) is 10.9 Å². The Morgan fingerprint density at radius 1 is 0.967 bits per heavy atom. The second-order valence-corrected chi connectivity index (χ2v) is 8.15.